The highest BCUT2D eigenvalue weighted by atomic mass is 127. The first-order valence-corrected chi connectivity index (χ1v) is 4.32. The topological polar surface area (TPSA) is 22.1 Å². The zero-order chi connectivity index (χ0) is 10.0. The fourth-order valence-electron chi connectivity index (χ4n) is 0.783. The molecule has 13 heavy (non-hydrogen) atoms. The normalized spacial score (nSPS) is 10.6. The zero-order valence-electron chi connectivity index (χ0n) is 6.52. The summed E-state index contributed by atoms with van der Waals surface area (Å²) in [5.74, 6) is -1.00. The molecule has 0 bridgehead atoms. The molecule has 1 heterocycles. The third-order valence-electron chi connectivity index (χ3n) is 1.35. The Kier molecular flexibility index (Phi) is 3.34. The second-order valence-corrected chi connectivity index (χ2v) is 3.31. The summed E-state index contributed by atoms with van der Waals surface area (Å²) in [6, 6.07) is 1.18. The molecular weight excluding hydrogens is 298 g/mol. The summed E-state index contributed by atoms with van der Waals surface area (Å²) in [7, 11) is 1.23. The Morgan fingerprint density at radius 2 is 2.15 bits per heavy atom. The summed E-state index contributed by atoms with van der Waals surface area (Å²) < 4.78 is 42.0. The van der Waals surface area contributed by atoms with Gasteiger partial charge in [-0.3, -0.25) is 0 Å². The maximum absolute atomic E-state index is 12.7. The van der Waals surface area contributed by atoms with Crippen molar-refractivity contribution < 1.29 is 17.9 Å². The van der Waals surface area contributed by atoms with Gasteiger partial charge in [-0.1, -0.05) is 0 Å². The van der Waals surface area contributed by atoms with Crippen molar-refractivity contribution in [2.75, 3.05) is 7.11 Å². The Balaban J connectivity index is 3.25. The van der Waals surface area contributed by atoms with E-state index in [1.807, 2.05) is 0 Å². The maximum atomic E-state index is 12.7. The Morgan fingerprint density at radius 1 is 1.54 bits per heavy atom. The lowest BCUT2D eigenvalue weighted by Crippen LogP contribution is -2.00. The number of rotatable bonds is 2. The molecule has 0 amide bonds. The molecule has 72 valence electrons. The summed E-state index contributed by atoms with van der Waals surface area (Å²) >= 11 is 1.65. The molecule has 0 saturated carbocycles. The number of halogens is 4. The molecule has 0 radical (unpaired) electrons. The van der Waals surface area contributed by atoms with Gasteiger partial charge in [0.05, 0.1) is 10.7 Å². The largest absolute Gasteiger partial charge is 0.495 e. The van der Waals surface area contributed by atoms with Crippen molar-refractivity contribution in [1.82, 2.24) is 4.98 Å². The Hall–Kier alpha value is -0.530. The first-order chi connectivity index (χ1) is 6.06. The molecule has 1 aromatic heterocycles. The van der Waals surface area contributed by atoms with Gasteiger partial charge in [-0.05, 0) is 22.6 Å². The number of hydrogen-bond acceptors (Lipinski definition) is 2. The van der Waals surface area contributed by atoms with Gasteiger partial charge in [-0.2, -0.15) is 4.39 Å². The molecule has 0 unspecified atom stereocenters. The lowest BCUT2D eigenvalue weighted by atomic mass is 10.3. The fourth-order valence-corrected chi connectivity index (χ4v) is 1.19. The molecule has 0 aliphatic heterocycles. The summed E-state index contributed by atoms with van der Waals surface area (Å²) in [6.07, 6.45) is -2.83. The molecule has 0 aromatic carbocycles. The molecule has 0 saturated heterocycles. The van der Waals surface area contributed by atoms with E-state index in [2.05, 4.69) is 9.72 Å². The van der Waals surface area contributed by atoms with Crippen LogP contribution in [-0.4, -0.2) is 12.1 Å². The Morgan fingerprint density at radius 3 is 2.62 bits per heavy atom. The van der Waals surface area contributed by atoms with Crippen LogP contribution in [-0.2, 0) is 0 Å². The summed E-state index contributed by atoms with van der Waals surface area (Å²) in [5.41, 5.74) is -0.666. The highest BCUT2D eigenvalue weighted by molar-refractivity contribution is 14.1. The van der Waals surface area contributed by atoms with Crippen LogP contribution in [0.3, 0.4) is 0 Å². The fraction of sp³-hybridized carbons (Fsp3) is 0.286. The van der Waals surface area contributed by atoms with E-state index in [9.17, 15) is 13.2 Å². The number of ether oxygens (including phenoxy) is 1. The lowest BCUT2D eigenvalue weighted by molar-refractivity contribution is 0.140. The SMILES string of the molecule is COc1cc(I)c(F)nc1C(F)F. The lowest BCUT2D eigenvalue weighted by Gasteiger charge is -2.07. The number of pyridine rings is 1. The smallest absolute Gasteiger partial charge is 0.284 e. The van der Waals surface area contributed by atoms with E-state index in [1.165, 1.54) is 13.2 Å². The standard InChI is InChI=1S/C7H5F3INO/c1-13-4-2-3(11)7(10)12-5(4)6(8)9/h2,6H,1H3. The van der Waals surface area contributed by atoms with Crippen LogP contribution < -0.4 is 4.74 Å². The van der Waals surface area contributed by atoms with Gasteiger partial charge in [0.1, 0.15) is 5.75 Å². The molecular formula is C7H5F3INO. The van der Waals surface area contributed by atoms with E-state index in [0.29, 0.717) is 0 Å². The average molecular weight is 303 g/mol. The Labute approximate surface area is 86.3 Å². The first kappa shape index (κ1) is 10.6. The molecule has 0 N–H and O–H groups in total. The minimum atomic E-state index is -2.83. The number of hydrogen-bond donors (Lipinski definition) is 0. The van der Waals surface area contributed by atoms with Gasteiger partial charge in [0.15, 0.2) is 5.69 Å². The summed E-state index contributed by atoms with van der Waals surface area (Å²) in [6.45, 7) is 0. The molecule has 0 fully saturated rings. The minimum Gasteiger partial charge on any atom is -0.495 e. The van der Waals surface area contributed by atoms with Crippen molar-refractivity contribution in [3.63, 3.8) is 0 Å². The molecule has 1 rings (SSSR count). The van der Waals surface area contributed by atoms with Crippen LogP contribution in [0.25, 0.3) is 0 Å². The highest BCUT2D eigenvalue weighted by Gasteiger charge is 2.18. The zero-order valence-corrected chi connectivity index (χ0v) is 8.68. The van der Waals surface area contributed by atoms with Crippen molar-refractivity contribution in [3.05, 3.63) is 21.3 Å². The predicted octanol–water partition coefficient (Wildman–Crippen LogP) is 2.77. The van der Waals surface area contributed by atoms with Gasteiger partial charge < -0.3 is 4.74 Å². The second-order valence-electron chi connectivity index (χ2n) is 2.15. The molecule has 0 aliphatic carbocycles. The van der Waals surface area contributed by atoms with E-state index in [4.69, 9.17) is 0 Å². The third-order valence-corrected chi connectivity index (χ3v) is 2.11. The van der Waals surface area contributed by atoms with E-state index < -0.39 is 18.1 Å². The third kappa shape index (κ3) is 2.23. The first-order valence-electron chi connectivity index (χ1n) is 3.24. The van der Waals surface area contributed by atoms with E-state index >= 15 is 0 Å². The van der Waals surface area contributed by atoms with Crippen LogP contribution in [0, 0.1) is 9.52 Å². The Bertz CT molecular complexity index is 319. The predicted molar refractivity (Wildman–Crippen MR) is 48.4 cm³/mol. The van der Waals surface area contributed by atoms with Crippen molar-refractivity contribution in [3.8, 4) is 5.75 Å². The minimum absolute atomic E-state index is 0.0965. The van der Waals surface area contributed by atoms with Gasteiger partial charge >= 0.3 is 0 Å². The van der Waals surface area contributed by atoms with E-state index in [1.54, 1.807) is 22.6 Å². The van der Waals surface area contributed by atoms with Gasteiger partial charge in [0, 0.05) is 6.07 Å². The quantitative estimate of drug-likeness (QED) is 0.619. The van der Waals surface area contributed by atoms with Crippen LogP contribution in [0.4, 0.5) is 13.2 Å². The van der Waals surface area contributed by atoms with Gasteiger partial charge in [-0.25, -0.2) is 13.8 Å². The molecule has 1 aromatic rings. The van der Waals surface area contributed by atoms with E-state index in [0.717, 1.165) is 0 Å². The van der Waals surface area contributed by atoms with Crippen LogP contribution >= 0.6 is 22.6 Å². The average Bonchev–Trinajstić information content (AvgIpc) is 2.08. The number of methoxy groups -OCH3 is 1. The van der Waals surface area contributed by atoms with E-state index in [-0.39, 0.29) is 9.32 Å². The van der Waals surface area contributed by atoms with Crippen LogP contribution in [0.2, 0.25) is 0 Å². The van der Waals surface area contributed by atoms with Crippen molar-refractivity contribution in [2.45, 2.75) is 6.43 Å². The summed E-state index contributed by atoms with van der Waals surface area (Å²) in [4.78, 5) is 3.09. The van der Waals surface area contributed by atoms with Crippen molar-refractivity contribution in [1.29, 1.82) is 0 Å². The molecule has 0 spiro atoms. The molecule has 0 aliphatic rings. The van der Waals surface area contributed by atoms with Gasteiger partial charge in [0.2, 0.25) is 5.95 Å². The van der Waals surface area contributed by atoms with Gasteiger partial charge in [0.25, 0.3) is 6.43 Å². The van der Waals surface area contributed by atoms with Crippen LogP contribution in [0.1, 0.15) is 12.1 Å². The highest BCUT2D eigenvalue weighted by Crippen LogP contribution is 2.28. The van der Waals surface area contributed by atoms with Crippen molar-refractivity contribution in [2.24, 2.45) is 0 Å². The van der Waals surface area contributed by atoms with Gasteiger partial charge in [-0.15, -0.1) is 0 Å². The monoisotopic (exact) mass is 303 g/mol. The maximum Gasteiger partial charge on any atom is 0.284 e. The van der Waals surface area contributed by atoms with Crippen LogP contribution in [0.15, 0.2) is 6.07 Å². The van der Waals surface area contributed by atoms with Crippen LogP contribution in [0.5, 0.6) is 5.75 Å². The molecule has 0 atom stereocenters. The molecule has 2 nitrogen and oxygen atoms in total. The number of aromatic nitrogens is 1. The second kappa shape index (κ2) is 4.12. The number of alkyl halides is 2. The van der Waals surface area contributed by atoms with Crippen molar-refractivity contribution >= 4 is 22.6 Å². The number of nitrogens with zero attached hydrogens (tertiary/aromatic N) is 1. The summed E-state index contributed by atoms with van der Waals surface area (Å²) in [5, 5.41) is 0. The molecule has 6 heteroatoms.